The van der Waals surface area contributed by atoms with Crippen molar-refractivity contribution >= 4 is 17.3 Å². The molecule has 0 saturated heterocycles. The van der Waals surface area contributed by atoms with Crippen LogP contribution in [0.25, 0.3) is 0 Å². The zero-order valence-electron chi connectivity index (χ0n) is 11.0. The van der Waals surface area contributed by atoms with Gasteiger partial charge in [-0.3, -0.25) is 4.79 Å². The van der Waals surface area contributed by atoms with E-state index in [0.717, 1.165) is 12.0 Å². The van der Waals surface area contributed by atoms with Gasteiger partial charge in [0.1, 0.15) is 0 Å². The van der Waals surface area contributed by atoms with Crippen LogP contribution in [0, 0.1) is 12.8 Å². The molecule has 0 aliphatic carbocycles. The Bertz CT molecular complexity index is 531. The minimum atomic E-state index is -0.696. The number of carboxylic acids is 1. The summed E-state index contributed by atoms with van der Waals surface area (Å²) < 4.78 is 0. The molecule has 0 aliphatic heterocycles. The van der Waals surface area contributed by atoms with Crippen LogP contribution in [0.4, 0.5) is 0 Å². The SMILES string of the molecule is Cc1ccccc1CC(CCc1ccsc1)C(=O)O. The lowest BCUT2D eigenvalue weighted by Gasteiger charge is -2.13. The summed E-state index contributed by atoms with van der Waals surface area (Å²) in [6.07, 6.45) is 2.15. The van der Waals surface area contributed by atoms with E-state index >= 15 is 0 Å². The minimum Gasteiger partial charge on any atom is -0.481 e. The van der Waals surface area contributed by atoms with Gasteiger partial charge in [-0.15, -0.1) is 0 Å². The Balaban J connectivity index is 2.00. The van der Waals surface area contributed by atoms with Crippen LogP contribution in [0.15, 0.2) is 41.1 Å². The number of rotatable bonds is 6. The summed E-state index contributed by atoms with van der Waals surface area (Å²) in [5.74, 6) is -1.00. The van der Waals surface area contributed by atoms with Gasteiger partial charge < -0.3 is 5.11 Å². The normalized spacial score (nSPS) is 12.3. The van der Waals surface area contributed by atoms with Crippen LogP contribution in [0.2, 0.25) is 0 Å². The van der Waals surface area contributed by atoms with E-state index in [0.29, 0.717) is 12.8 Å². The lowest BCUT2D eigenvalue weighted by molar-refractivity contribution is -0.141. The second kappa shape index (κ2) is 6.53. The Kier molecular flexibility index (Phi) is 4.74. The average Bonchev–Trinajstić information content (AvgIpc) is 2.89. The van der Waals surface area contributed by atoms with E-state index in [4.69, 9.17) is 0 Å². The number of hydrogen-bond donors (Lipinski definition) is 1. The van der Waals surface area contributed by atoms with E-state index in [-0.39, 0.29) is 5.92 Å². The molecule has 0 amide bonds. The van der Waals surface area contributed by atoms with Gasteiger partial charge in [0.15, 0.2) is 0 Å². The molecule has 0 aliphatic rings. The highest BCUT2D eigenvalue weighted by atomic mass is 32.1. The van der Waals surface area contributed by atoms with Gasteiger partial charge in [-0.25, -0.2) is 0 Å². The smallest absolute Gasteiger partial charge is 0.306 e. The topological polar surface area (TPSA) is 37.3 Å². The second-order valence-corrected chi connectivity index (χ2v) is 5.62. The first-order chi connectivity index (χ1) is 9.16. The van der Waals surface area contributed by atoms with Crippen molar-refractivity contribution in [2.24, 2.45) is 5.92 Å². The van der Waals surface area contributed by atoms with E-state index in [1.165, 1.54) is 11.1 Å². The van der Waals surface area contributed by atoms with Gasteiger partial charge in [0, 0.05) is 0 Å². The van der Waals surface area contributed by atoms with Gasteiger partial charge in [-0.05, 0) is 59.7 Å². The predicted molar refractivity (Wildman–Crippen MR) is 78.6 cm³/mol. The summed E-state index contributed by atoms with van der Waals surface area (Å²) in [5, 5.41) is 13.5. The summed E-state index contributed by atoms with van der Waals surface area (Å²) >= 11 is 1.66. The van der Waals surface area contributed by atoms with E-state index in [2.05, 4.69) is 11.4 Å². The van der Waals surface area contributed by atoms with Crippen LogP contribution in [0.5, 0.6) is 0 Å². The monoisotopic (exact) mass is 274 g/mol. The van der Waals surface area contributed by atoms with Crippen molar-refractivity contribution in [3.63, 3.8) is 0 Å². The molecule has 1 heterocycles. The van der Waals surface area contributed by atoms with Crippen molar-refractivity contribution in [1.29, 1.82) is 0 Å². The first-order valence-corrected chi connectivity index (χ1v) is 7.39. The van der Waals surface area contributed by atoms with Crippen molar-refractivity contribution in [2.45, 2.75) is 26.2 Å². The lowest BCUT2D eigenvalue weighted by Crippen LogP contribution is -2.17. The molecular weight excluding hydrogens is 256 g/mol. The first-order valence-electron chi connectivity index (χ1n) is 6.45. The third-order valence-corrected chi connectivity index (χ3v) is 4.17. The number of aryl methyl sites for hydroxylation is 2. The first kappa shape index (κ1) is 13.8. The molecule has 2 aromatic rings. The molecule has 0 fully saturated rings. The number of benzene rings is 1. The maximum Gasteiger partial charge on any atom is 0.306 e. The highest BCUT2D eigenvalue weighted by Gasteiger charge is 2.18. The van der Waals surface area contributed by atoms with E-state index < -0.39 is 5.97 Å². The summed E-state index contributed by atoms with van der Waals surface area (Å²) in [7, 11) is 0. The Morgan fingerprint density at radius 2 is 2.11 bits per heavy atom. The largest absolute Gasteiger partial charge is 0.481 e. The molecule has 2 rings (SSSR count). The van der Waals surface area contributed by atoms with Gasteiger partial charge >= 0.3 is 5.97 Å². The minimum absolute atomic E-state index is 0.305. The van der Waals surface area contributed by atoms with Crippen LogP contribution < -0.4 is 0 Å². The lowest BCUT2D eigenvalue weighted by atomic mass is 9.91. The highest BCUT2D eigenvalue weighted by molar-refractivity contribution is 7.07. The molecule has 0 radical (unpaired) electrons. The molecule has 1 aromatic carbocycles. The quantitative estimate of drug-likeness (QED) is 0.866. The van der Waals surface area contributed by atoms with Crippen molar-refractivity contribution in [3.05, 3.63) is 57.8 Å². The van der Waals surface area contributed by atoms with Crippen molar-refractivity contribution in [2.75, 3.05) is 0 Å². The van der Waals surface area contributed by atoms with Gasteiger partial charge in [0.2, 0.25) is 0 Å². The van der Waals surface area contributed by atoms with E-state index in [1.807, 2.05) is 36.6 Å². The number of aliphatic carboxylic acids is 1. The summed E-state index contributed by atoms with van der Waals surface area (Å²) in [6, 6.07) is 10.1. The van der Waals surface area contributed by atoms with E-state index in [1.54, 1.807) is 11.3 Å². The molecule has 19 heavy (non-hydrogen) atoms. The average molecular weight is 274 g/mol. The Hall–Kier alpha value is -1.61. The standard InChI is InChI=1S/C16H18O2S/c1-12-4-2-3-5-14(12)10-15(16(17)18)7-6-13-8-9-19-11-13/h2-5,8-9,11,15H,6-7,10H2,1H3,(H,17,18). The maximum absolute atomic E-state index is 11.4. The van der Waals surface area contributed by atoms with Gasteiger partial charge in [0.25, 0.3) is 0 Å². The zero-order chi connectivity index (χ0) is 13.7. The van der Waals surface area contributed by atoms with Crippen molar-refractivity contribution < 1.29 is 9.90 Å². The molecule has 0 saturated carbocycles. The number of carboxylic acid groups (broad SMARTS) is 1. The van der Waals surface area contributed by atoms with Crippen LogP contribution in [0.3, 0.4) is 0 Å². The fourth-order valence-electron chi connectivity index (χ4n) is 2.19. The molecule has 1 N–H and O–H groups in total. The van der Waals surface area contributed by atoms with E-state index in [9.17, 15) is 9.90 Å². The molecule has 0 bridgehead atoms. The van der Waals surface area contributed by atoms with Crippen LogP contribution in [0.1, 0.15) is 23.1 Å². The van der Waals surface area contributed by atoms with Gasteiger partial charge in [-0.2, -0.15) is 11.3 Å². The summed E-state index contributed by atoms with van der Waals surface area (Å²) in [4.78, 5) is 11.4. The van der Waals surface area contributed by atoms with Crippen LogP contribution >= 0.6 is 11.3 Å². The second-order valence-electron chi connectivity index (χ2n) is 4.84. The highest BCUT2D eigenvalue weighted by Crippen LogP contribution is 2.19. The third-order valence-electron chi connectivity index (χ3n) is 3.44. The fourth-order valence-corrected chi connectivity index (χ4v) is 2.90. The number of carbonyl (C=O) groups is 1. The van der Waals surface area contributed by atoms with Crippen LogP contribution in [-0.4, -0.2) is 11.1 Å². The molecule has 3 heteroatoms. The Morgan fingerprint density at radius 1 is 1.32 bits per heavy atom. The van der Waals surface area contributed by atoms with Gasteiger partial charge in [-0.1, -0.05) is 24.3 Å². The molecular formula is C16H18O2S. The summed E-state index contributed by atoms with van der Waals surface area (Å²) in [6.45, 7) is 2.03. The third kappa shape index (κ3) is 3.93. The van der Waals surface area contributed by atoms with Crippen molar-refractivity contribution in [3.8, 4) is 0 Å². The molecule has 2 nitrogen and oxygen atoms in total. The Labute approximate surface area is 117 Å². The predicted octanol–water partition coefficient (Wildman–Crippen LogP) is 3.93. The maximum atomic E-state index is 11.4. The zero-order valence-corrected chi connectivity index (χ0v) is 11.8. The molecule has 100 valence electrons. The number of thiophene rings is 1. The van der Waals surface area contributed by atoms with Crippen LogP contribution in [-0.2, 0) is 17.6 Å². The van der Waals surface area contributed by atoms with Gasteiger partial charge in [0.05, 0.1) is 5.92 Å². The Morgan fingerprint density at radius 3 is 2.74 bits per heavy atom. The summed E-state index contributed by atoms with van der Waals surface area (Å²) in [5.41, 5.74) is 3.55. The molecule has 1 atom stereocenters. The molecule has 1 unspecified atom stereocenters. The molecule has 0 spiro atoms. The van der Waals surface area contributed by atoms with Crippen molar-refractivity contribution in [1.82, 2.24) is 0 Å². The molecule has 1 aromatic heterocycles. The fraction of sp³-hybridized carbons (Fsp3) is 0.312. The number of hydrogen-bond acceptors (Lipinski definition) is 2.